The van der Waals surface area contributed by atoms with Crippen molar-refractivity contribution in [3.63, 3.8) is 0 Å². The fourth-order valence-electron chi connectivity index (χ4n) is 3.07. The van der Waals surface area contributed by atoms with Crippen molar-refractivity contribution in [2.45, 2.75) is 46.0 Å². The highest BCUT2D eigenvalue weighted by Crippen LogP contribution is 2.25. The quantitative estimate of drug-likeness (QED) is 0.201. The van der Waals surface area contributed by atoms with Gasteiger partial charge in [-0.3, -0.25) is 4.79 Å². The van der Waals surface area contributed by atoms with Crippen molar-refractivity contribution in [3.8, 4) is 11.5 Å². The molecule has 0 saturated heterocycles. The molecule has 6 heteroatoms. The molecule has 0 amide bonds. The lowest BCUT2D eigenvalue weighted by Gasteiger charge is -2.11. The summed E-state index contributed by atoms with van der Waals surface area (Å²) in [5.74, 6) is 0.611. The van der Waals surface area contributed by atoms with E-state index in [2.05, 4.69) is 24.3 Å². The van der Waals surface area contributed by atoms with Gasteiger partial charge in [0.2, 0.25) is 0 Å². The van der Waals surface area contributed by atoms with Crippen molar-refractivity contribution in [1.29, 1.82) is 0 Å². The first-order valence-electron chi connectivity index (χ1n) is 11.2. The summed E-state index contributed by atoms with van der Waals surface area (Å²) in [6, 6.07) is 14.1. The van der Waals surface area contributed by atoms with E-state index < -0.39 is 5.97 Å². The zero-order chi connectivity index (χ0) is 23.0. The van der Waals surface area contributed by atoms with E-state index in [-0.39, 0.29) is 20.0 Å². The summed E-state index contributed by atoms with van der Waals surface area (Å²) in [4.78, 5) is 10.6. The molecule has 0 aliphatic carbocycles. The molecule has 0 aromatic heterocycles. The van der Waals surface area contributed by atoms with E-state index in [9.17, 15) is 4.79 Å². The van der Waals surface area contributed by atoms with Crippen LogP contribution in [0.1, 0.15) is 56.2 Å². The molecule has 6 nitrogen and oxygen atoms in total. The van der Waals surface area contributed by atoms with Crippen LogP contribution in [0.5, 0.6) is 11.5 Å². The zero-order valence-electron chi connectivity index (χ0n) is 19.0. The van der Waals surface area contributed by atoms with Crippen LogP contribution in [0.15, 0.2) is 42.5 Å². The van der Waals surface area contributed by atoms with Gasteiger partial charge in [-0.2, -0.15) is 0 Å². The van der Waals surface area contributed by atoms with Crippen molar-refractivity contribution < 1.29 is 28.8 Å². The van der Waals surface area contributed by atoms with E-state index in [1.165, 1.54) is 5.56 Å². The number of hydrogen-bond donors (Lipinski definition) is 1. The Kier molecular flexibility index (Phi) is 12.0. The molecule has 0 aliphatic rings. The molecule has 0 saturated carbocycles. The number of unbranched alkanes of at least 4 members (excludes halogenated alkanes) is 2. The number of rotatable bonds is 16. The number of carbonyl (C=O) groups is 1. The van der Waals surface area contributed by atoms with E-state index >= 15 is 0 Å². The lowest BCUT2D eigenvalue weighted by molar-refractivity contribution is -0.137. The molecule has 2 aromatic carbocycles. The maximum Gasteiger partial charge on any atom is 0.303 e. The summed E-state index contributed by atoms with van der Waals surface area (Å²) in [6.45, 7) is 5.38. The molecule has 0 aliphatic heterocycles. The molecule has 2 aromatic rings. The lowest BCUT2D eigenvalue weighted by Crippen LogP contribution is -2.04. The monoisotopic (exact) mass is 442 g/mol. The molecule has 0 unspecified atom stereocenters. The molecule has 0 radical (unpaired) electrons. The molecule has 0 atom stereocenters. The largest absolute Gasteiger partial charge is 0.481 e. The van der Waals surface area contributed by atoms with E-state index in [0.29, 0.717) is 24.7 Å². The Balaban J connectivity index is 2.02. The fourth-order valence-corrected chi connectivity index (χ4v) is 3.07. The molecular formula is C26H34O6. The van der Waals surface area contributed by atoms with Gasteiger partial charge in [-0.05, 0) is 61.9 Å². The standard InChI is InChI=1S/C26H34O6/c1-3-29-19-31-24-16-23(17-25(18-24)32-20-30-4-2)14-13-22-11-8-10-21(15-22)9-6-5-7-12-26(27)28/h8,10-11,13-18H,3-7,9,12,19-20H2,1-2H3,(H,27,28). The molecule has 0 heterocycles. The van der Waals surface area contributed by atoms with E-state index in [1.54, 1.807) is 0 Å². The average molecular weight is 443 g/mol. The van der Waals surface area contributed by atoms with Gasteiger partial charge in [0.25, 0.3) is 0 Å². The van der Waals surface area contributed by atoms with Crippen LogP contribution < -0.4 is 9.47 Å². The zero-order valence-corrected chi connectivity index (χ0v) is 19.0. The maximum atomic E-state index is 10.6. The van der Waals surface area contributed by atoms with Crippen molar-refractivity contribution in [1.82, 2.24) is 0 Å². The summed E-state index contributed by atoms with van der Waals surface area (Å²) >= 11 is 0. The predicted octanol–water partition coefficient (Wildman–Crippen LogP) is 5.79. The van der Waals surface area contributed by atoms with Gasteiger partial charge in [-0.15, -0.1) is 0 Å². The number of ether oxygens (including phenoxy) is 4. The van der Waals surface area contributed by atoms with Gasteiger partial charge in [-0.25, -0.2) is 0 Å². The molecule has 0 spiro atoms. The Hall–Kier alpha value is -2.83. The normalized spacial score (nSPS) is 11.1. The number of aryl methyl sites for hydroxylation is 1. The van der Waals surface area contributed by atoms with Gasteiger partial charge < -0.3 is 24.1 Å². The Labute approximate surface area is 190 Å². The van der Waals surface area contributed by atoms with Crippen molar-refractivity contribution in [2.75, 3.05) is 26.8 Å². The third kappa shape index (κ3) is 10.5. The first-order chi connectivity index (χ1) is 15.6. The topological polar surface area (TPSA) is 74.2 Å². The van der Waals surface area contributed by atoms with Gasteiger partial charge in [0, 0.05) is 25.7 Å². The van der Waals surface area contributed by atoms with Crippen LogP contribution in [-0.2, 0) is 20.7 Å². The summed E-state index contributed by atoms with van der Waals surface area (Å²) in [5, 5.41) is 8.73. The van der Waals surface area contributed by atoms with Crippen LogP contribution in [0, 0.1) is 0 Å². The summed E-state index contributed by atoms with van der Waals surface area (Å²) in [6.07, 6.45) is 7.90. The van der Waals surface area contributed by atoms with Crippen molar-refractivity contribution >= 4 is 18.1 Å². The SMILES string of the molecule is CCOCOc1cc(C=Cc2cccc(CCCCCC(=O)O)c2)cc(OCOCC)c1. The second kappa shape index (κ2) is 15.1. The molecule has 174 valence electrons. The second-order valence-corrected chi connectivity index (χ2v) is 7.28. The Morgan fingerprint density at radius 3 is 2.12 bits per heavy atom. The van der Waals surface area contributed by atoms with Crippen molar-refractivity contribution in [3.05, 3.63) is 59.2 Å². The minimum Gasteiger partial charge on any atom is -0.481 e. The smallest absolute Gasteiger partial charge is 0.303 e. The molecule has 0 bridgehead atoms. The van der Waals surface area contributed by atoms with Gasteiger partial charge in [0.1, 0.15) is 11.5 Å². The number of benzene rings is 2. The summed E-state index contributed by atoms with van der Waals surface area (Å²) < 4.78 is 21.9. The lowest BCUT2D eigenvalue weighted by atomic mass is 10.0. The van der Waals surface area contributed by atoms with Gasteiger partial charge >= 0.3 is 5.97 Å². The van der Waals surface area contributed by atoms with Crippen LogP contribution in [0.2, 0.25) is 0 Å². The predicted molar refractivity (Wildman–Crippen MR) is 126 cm³/mol. The Bertz CT molecular complexity index is 818. The Morgan fingerprint density at radius 1 is 0.844 bits per heavy atom. The fraction of sp³-hybridized carbons (Fsp3) is 0.423. The van der Waals surface area contributed by atoms with Crippen LogP contribution in [0.3, 0.4) is 0 Å². The van der Waals surface area contributed by atoms with Gasteiger partial charge in [0.15, 0.2) is 13.6 Å². The average Bonchev–Trinajstić information content (AvgIpc) is 2.78. The first-order valence-corrected chi connectivity index (χ1v) is 11.2. The first kappa shape index (κ1) is 25.4. The van der Waals surface area contributed by atoms with E-state index in [1.807, 2.05) is 44.2 Å². The highest BCUT2D eigenvalue weighted by atomic mass is 16.7. The van der Waals surface area contributed by atoms with Crippen molar-refractivity contribution in [2.24, 2.45) is 0 Å². The number of carboxylic acids is 1. The molecule has 32 heavy (non-hydrogen) atoms. The summed E-state index contributed by atoms with van der Waals surface area (Å²) in [5.41, 5.74) is 3.30. The van der Waals surface area contributed by atoms with Gasteiger partial charge in [-0.1, -0.05) is 42.8 Å². The summed E-state index contributed by atoms with van der Waals surface area (Å²) in [7, 11) is 0. The van der Waals surface area contributed by atoms with Gasteiger partial charge in [0.05, 0.1) is 0 Å². The molecule has 0 fully saturated rings. The number of hydrogen-bond acceptors (Lipinski definition) is 5. The van der Waals surface area contributed by atoms with Crippen LogP contribution in [-0.4, -0.2) is 37.9 Å². The highest BCUT2D eigenvalue weighted by molar-refractivity contribution is 5.71. The van der Waals surface area contributed by atoms with E-state index in [0.717, 1.165) is 36.8 Å². The second-order valence-electron chi connectivity index (χ2n) is 7.28. The van der Waals surface area contributed by atoms with Crippen LogP contribution >= 0.6 is 0 Å². The third-order valence-corrected chi connectivity index (χ3v) is 4.70. The highest BCUT2D eigenvalue weighted by Gasteiger charge is 2.03. The third-order valence-electron chi connectivity index (χ3n) is 4.70. The molecular weight excluding hydrogens is 408 g/mol. The number of carboxylic acid groups (broad SMARTS) is 1. The maximum absolute atomic E-state index is 10.6. The minimum atomic E-state index is -0.726. The molecule has 2 rings (SSSR count). The minimum absolute atomic E-state index is 0.184. The van der Waals surface area contributed by atoms with Crippen LogP contribution in [0.25, 0.3) is 12.2 Å². The molecule has 1 N–H and O–H groups in total. The van der Waals surface area contributed by atoms with E-state index in [4.69, 9.17) is 24.1 Å². The number of aliphatic carboxylic acids is 1. The Morgan fingerprint density at radius 2 is 1.50 bits per heavy atom. The van der Waals surface area contributed by atoms with Crippen LogP contribution in [0.4, 0.5) is 0 Å².